The standard InChI is InChI=1S/C16H12FNO3S/c1-22(20,21)12-5-2-10(3-6-12)13-8-11-4-7-16(19)18-15(11)9-14(13)17/h2-9H,1H3,(H,18,19). The highest BCUT2D eigenvalue weighted by molar-refractivity contribution is 7.90. The summed E-state index contributed by atoms with van der Waals surface area (Å²) in [6.45, 7) is 0. The van der Waals surface area contributed by atoms with Crippen molar-refractivity contribution in [1.82, 2.24) is 4.98 Å². The quantitative estimate of drug-likeness (QED) is 0.790. The van der Waals surface area contributed by atoms with Crippen molar-refractivity contribution in [3.63, 3.8) is 0 Å². The molecule has 22 heavy (non-hydrogen) atoms. The Morgan fingerprint density at radius 1 is 1.00 bits per heavy atom. The number of pyridine rings is 1. The van der Waals surface area contributed by atoms with Gasteiger partial charge in [0.2, 0.25) is 5.56 Å². The minimum Gasteiger partial charge on any atom is -0.322 e. The van der Waals surface area contributed by atoms with E-state index in [-0.39, 0.29) is 10.5 Å². The first-order chi connectivity index (χ1) is 10.3. The summed E-state index contributed by atoms with van der Waals surface area (Å²) in [7, 11) is -3.28. The molecule has 0 aliphatic carbocycles. The van der Waals surface area contributed by atoms with Gasteiger partial charge in [0.1, 0.15) is 5.82 Å². The second-order valence-corrected chi connectivity index (χ2v) is 7.05. The van der Waals surface area contributed by atoms with Crippen LogP contribution in [0.5, 0.6) is 0 Å². The van der Waals surface area contributed by atoms with Crippen molar-refractivity contribution < 1.29 is 12.8 Å². The Labute approximate surface area is 126 Å². The first-order valence-corrected chi connectivity index (χ1v) is 8.37. The van der Waals surface area contributed by atoms with Crippen LogP contribution in [-0.4, -0.2) is 19.7 Å². The van der Waals surface area contributed by atoms with Crippen molar-refractivity contribution in [2.45, 2.75) is 4.90 Å². The van der Waals surface area contributed by atoms with E-state index in [9.17, 15) is 17.6 Å². The molecule has 3 aromatic rings. The van der Waals surface area contributed by atoms with Gasteiger partial charge in [0.25, 0.3) is 0 Å². The van der Waals surface area contributed by atoms with Crippen molar-refractivity contribution >= 4 is 20.7 Å². The SMILES string of the molecule is CS(=O)(=O)c1ccc(-c2cc3ccc(=O)[nH]c3cc2F)cc1. The zero-order chi connectivity index (χ0) is 15.9. The van der Waals surface area contributed by atoms with Crippen LogP contribution in [0.3, 0.4) is 0 Å². The molecule has 0 aliphatic heterocycles. The average Bonchev–Trinajstić information content (AvgIpc) is 2.45. The number of hydrogen-bond donors (Lipinski definition) is 1. The number of hydrogen-bond acceptors (Lipinski definition) is 3. The van der Waals surface area contributed by atoms with Gasteiger partial charge in [-0.15, -0.1) is 0 Å². The van der Waals surface area contributed by atoms with Crippen molar-refractivity contribution in [2.24, 2.45) is 0 Å². The van der Waals surface area contributed by atoms with Gasteiger partial charge in [-0.3, -0.25) is 4.79 Å². The fourth-order valence-corrected chi connectivity index (χ4v) is 2.91. The van der Waals surface area contributed by atoms with E-state index in [1.165, 1.54) is 24.3 Å². The van der Waals surface area contributed by atoms with Crippen LogP contribution < -0.4 is 5.56 Å². The molecule has 1 aromatic heterocycles. The maximum Gasteiger partial charge on any atom is 0.248 e. The second-order valence-electron chi connectivity index (χ2n) is 5.04. The molecule has 0 spiro atoms. The van der Waals surface area contributed by atoms with Crippen LogP contribution in [0, 0.1) is 5.82 Å². The zero-order valence-corrected chi connectivity index (χ0v) is 12.4. The number of nitrogens with one attached hydrogen (secondary N) is 1. The normalized spacial score (nSPS) is 11.7. The lowest BCUT2D eigenvalue weighted by molar-refractivity contribution is 0.602. The Morgan fingerprint density at radius 3 is 2.32 bits per heavy atom. The molecule has 0 atom stereocenters. The summed E-state index contributed by atoms with van der Waals surface area (Å²) >= 11 is 0. The third-order valence-corrected chi connectivity index (χ3v) is 4.53. The first kappa shape index (κ1) is 14.5. The molecular formula is C16H12FNO3S. The van der Waals surface area contributed by atoms with Gasteiger partial charge in [0.15, 0.2) is 9.84 Å². The topological polar surface area (TPSA) is 67.0 Å². The highest BCUT2D eigenvalue weighted by Gasteiger charge is 2.10. The Balaban J connectivity index is 2.15. The molecule has 1 heterocycles. The Kier molecular flexibility index (Phi) is 3.33. The van der Waals surface area contributed by atoms with Crippen molar-refractivity contribution in [3.8, 4) is 11.1 Å². The van der Waals surface area contributed by atoms with Gasteiger partial charge in [-0.1, -0.05) is 12.1 Å². The second kappa shape index (κ2) is 5.06. The van der Waals surface area contributed by atoms with Gasteiger partial charge in [0, 0.05) is 17.9 Å². The minimum absolute atomic E-state index is 0.182. The van der Waals surface area contributed by atoms with Crippen LogP contribution in [0.25, 0.3) is 22.0 Å². The Morgan fingerprint density at radius 2 is 1.68 bits per heavy atom. The van der Waals surface area contributed by atoms with Crippen molar-refractivity contribution in [1.29, 1.82) is 0 Å². The van der Waals surface area contributed by atoms with Gasteiger partial charge in [-0.2, -0.15) is 0 Å². The molecule has 0 amide bonds. The molecule has 0 aliphatic rings. The molecular weight excluding hydrogens is 305 g/mol. The number of fused-ring (bicyclic) bond motifs is 1. The van der Waals surface area contributed by atoms with E-state index in [1.54, 1.807) is 24.3 Å². The molecule has 4 nitrogen and oxygen atoms in total. The summed E-state index contributed by atoms with van der Waals surface area (Å²) in [6, 6.07) is 11.9. The van der Waals surface area contributed by atoms with Gasteiger partial charge >= 0.3 is 0 Å². The van der Waals surface area contributed by atoms with Gasteiger partial charge in [-0.05, 0) is 41.3 Å². The van der Waals surface area contributed by atoms with E-state index in [1.807, 2.05) is 0 Å². The molecule has 6 heteroatoms. The number of aromatic nitrogens is 1. The van der Waals surface area contributed by atoms with E-state index >= 15 is 0 Å². The fourth-order valence-electron chi connectivity index (χ4n) is 2.28. The molecule has 0 radical (unpaired) electrons. The summed E-state index contributed by atoms with van der Waals surface area (Å²) < 4.78 is 37.1. The van der Waals surface area contributed by atoms with Gasteiger partial charge < -0.3 is 4.98 Å². The number of H-pyrrole nitrogens is 1. The van der Waals surface area contributed by atoms with E-state index < -0.39 is 15.7 Å². The number of rotatable bonds is 2. The lowest BCUT2D eigenvalue weighted by atomic mass is 10.0. The molecule has 0 unspecified atom stereocenters. The summed E-state index contributed by atoms with van der Waals surface area (Å²) in [4.78, 5) is 14.0. The average molecular weight is 317 g/mol. The van der Waals surface area contributed by atoms with Crippen LogP contribution >= 0.6 is 0 Å². The molecule has 0 saturated carbocycles. The molecule has 2 aromatic carbocycles. The third-order valence-electron chi connectivity index (χ3n) is 3.40. The van der Waals surface area contributed by atoms with Gasteiger partial charge in [-0.25, -0.2) is 12.8 Å². The molecule has 0 saturated heterocycles. The third kappa shape index (κ3) is 2.65. The summed E-state index contributed by atoms with van der Waals surface area (Å²) in [5.41, 5.74) is 1.04. The smallest absolute Gasteiger partial charge is 0.248 e. The summed E-state index contributed by atoms with van der Waals surface area (Å²) in [5.74, 6) is -0.485. The first-order valence-electron chi connectivity index (χ1n) is 6.48. The predicted octanol–water partition coefficient (Wildman–Crippen LogP) is 2.74. The van der Waals surface area contributed by atoms with Crippen molar-refractivity contribution in [2.75, 3.05) is 6.26 Å². The van der Waals surface area contributed by atoms with E-state index in [2.05, 4.69) is 4.98 Å². The van der Waals surface area contributed by atoms with E-state index in [0.29, 0.717) is 22.0 Å². The fraction of sp³-hybridized carbons (Fsp3) is 0.0625. The molecule has 3 rings (SSSR count). The maximum atomic E-state index is 14.2. The largest absolute Gasteiger partial charge is 0.322 e. The summed E-state index contributed by atoms with van der Waals surface area (Å²) in [6.07, 6.45) is 1.12. The number of aromatic amines is 1. The summed E-state index contributed by atoms with van der Waals surface area (Å²) in [5, 5.41) is 0.697. The van der Waals surface area contributed by atoms with Crippen LogP contribution in [0.2, 0.25) is 0 Å². The van der Waals surface area contributed by atoms with Crippen LogP contribution in [0.4, 0.5) is 4.39 Å². The molecule has 112 valence electrons. The minimum atomic E-state index is -3.28. The Bertz CT molecular complexity index is 1020. The van der Waals surface area contributed by atoms with Crippen LogP contribution in [0.15, 0.2) is 58.2 Å². The van der Waals surface area contributed by atoms with Crippen molar-refractivity contribution in [3.05, 3.63) is 64.7 Å². The van der Waals surface area contributed by atoms with E-state index in [0.717, 1.165) is 6.26 Å². The molecule has 1 N–H and O–H groups in total. The monoisotopic (exact) mass is 317 g/mol. The maximum absolute atomic E-state index is 14.2. The van der Waals surface area contributed by atoms with Gasteiger partial charge in [0.05, 0.1) is 10.4 Å². The van der Waals surface area contributed by atoms with Crippen LogP contribution in [-0.2, 0) is 9.84 Å². The number of sulfone groups is 1. The van der Waals surface area contributed by atoms with Crippen LogP contribution in [0.1, 0.15) is 0 Å². The van der Waals surface area contributed by atoms with E-state index in [4.69, 9.17) is 0 Å². The lowest BCUT2D eigenvalue weighted by Crippen LogP contribution is -2.02. The predicted molar refractivity (Wildman–Crippen MR) is 83.1 cm³/mol. The number of benzene rings is 2. The highest BCUT2D eigenvalue weighted by Crippen LogP contribution is 2.27. The lowest BCUT2D eigenvalue weighted by Gasteiger charge is -2.07. The molecule has 0 bridgehead atoms. The Hall–Kier alpha value is -2.47. The highest BCUT2D eigenvalue weighted by atomic mass is 32.2. The molecule has 0 fully saturated rings. The zero-order valence-electron chi connectivity index (χ0n) is 11.6. The number of halogens is 1.